The minimum absolute atomic E-state index is 0. The molecule has 6 heteroatoms. The van der Waals surface area contributed by atoms with Crippen LogP contribution in [0.5, 0.6) is 0 Å². The standard InChI is InChI=1S/C15H27N3O2.ClH/c1-2-18-9-8-16-13(15(18)20)10-14(19)17-11-12-6-4-3-5-7-12;/h12-13,16H,2-11H2,1H3,(H,17,19);1H. The van der Waals surface area contributed by atoms with E-state index in [1.54, 1.807) is 0 Å². The number of hydrogen-bond acceptors (Lipinski definition) is 3. The molecule has 1 aliphatic carbocycles. The number of rotatable bonds is 5. The molecule has 1 unspecified atom stereocenters. The minimum atomic E-state index is -0.338. The molecule has 2 N–H and O–H groups in total. The second kappa shape index (κ2) is 9.26. The Balaban J connectivity index is 0.00000220. The molecule has 2 aliphatic rings. The van der Waals surface area contributed by atoms with Crippen molar-refractivity contribution in [3.63, 3.8) is 0 Å². The fourth-order valence-electron chi connectivity index (χ4n) is 3.17. The third-order valence-electron chi connectivity index (χ3n) is 4.47. The van der Waals surface area contributed by atoms with E-state index in [1.807, 2.05) is 11.8 Å². The van der Waals surface area contributed by atoms with E-state index >= 15 is 0 Å². The Morgan fingerprint density at radius 2 is 2.05 bits per heavy atom. The highest BCUT2D eigenvalue weighted by atomic mass is 35.5. The van der Waals surface area contributed by atoms with E-state index in [4.69, 9.17) is 0 Å². The lowest BCUT2D eigenvalue weighted by molar-refractivity contribution is -0.138. The topological polar surface area (TPSA) is 61.4 Å². The van der Waals surface area contributed by atoms with Crippen molar-refractivity contribution in [3.8, 4) is 0 Å². The van der Waals surface area contributed by atoms with Crippen LogP contribution in [0, 0.1) is 5.92 Å². The van der Waals surface area contributed by atoms with E-state index in [0.29, 0.717) is 5.92 Å². The lowest BCUT2D eigenvalue weighted by atomic mass is 9.89. The van der Waals surface area contributed by atoms with Crippen LogP contribution in [0.1, 0.15) is 45.4 Å². The Hall–Kier alpha value is -0.810. The first-order chi connectivity index (χ1) is 9.70. The molecule has 1 atom stereocenters. The van der Waals surface area contributed by atoms with Gasteiger partial charge in [-0.15, -0.1) is 12.4 Å². The molecule has 1 saturated heterocycles. The molecule has 0 spiro atoms. The maximum absolute atomic E-state index is 12.1. The molecule has 0 radical (unpaired) electrons. The zero-order valence-electron chi connectivity index (χ0n) is 12.9. The van der Waals surface area contributed by atoms with Gasteiger partial charge in [-0.05, 0) is 25.7 Å². The minimum Gasteiger partial charge on any atom is -0.356 e. The van der Waals surface area contributed by atoms with Gasteiger partial charge in [-0.3, -0.25) is 9.59 Å². The largest absolute Gasteiger partial charge is 0.356 e. The quantitative estimate of drug-likeness (QED) is 0.804. The summed E-state index contributed by atoms with van der Waals surface area (Å²) in [6, 6.07) is -0.338. The van der Waals surface area contributed by atoms with Crippen LogP contribution in [0.3, 0.4) is 0 Å². The molecule has 2 amide bonds. The maximum Gasteiger partial charge on any atom is 0.240 e. The number of hydrogen-bond donors (Lipinski definition) is 2. The second-order valence-electron chi connectivity index (χ2n) is 5.94. The number of nitrogens with one attached hydrogen (secondary N) is 2. The highest BCUT2D eigenvalue weighted by Gasteiger charge is 2.29. The summed E-state index contributed by atoms with van der Waals surface area (Å²) in [5.74, 6) is 0.695. The van der Waals surface area contributed by atoms with Crippen LogP contribution in [0.15, 0.2) is 0 Å². The first-order valence-corrected chi connectivity index (χ1v) is 7.99. The molecule has 0 aromatic rings. The molecular weight excluding hydrogens is 290 g/mol. The van der Waals surface area contributed by atoms with Crippen molar-refractivity contribution < 1.29 is 9.59 Å². The molecule has 1 heterocycles. The fourth-order valence-corrected chi connectivity index (χ4v) is 3.17. The van der Waals surface area contributed by atoms with Crippen molar-refractivity contribution in [3.05, 3.63) is 0 Å². The Bertz CT molecular complexity index is 346. The Morgan fingerprint density at radius 1 is 1.33 bits per heavy atom. The van der Waals surface area contributed by atoms with Gasteiger partial charge >= 0.3 is 0 Å². The molecule has 1 aliphatic heterocycles. The van der Waals surface area contributed by atoms with Crippen molar-refractivity contribution in [2.24, 2.45) is 5.92 Å². The predicted octanol–water partition coefficient (Wildman–Crippen LogP) is 1.32. The number of halogens is 1. The Morgan fingerprint density at radius 3 is 2.71 bits per heavy atom. The van der Waals surface area contributed by atoms with Crippen LogP contribution in [0.4, 0.5) is 0 Å². The van der Waals surface area contributed by atoms with Crippen LogP contribution in [-0.2, 0) is 9.59 Å². The van der Waals surface area contributed by atoms with Gasteiger partial charge in [0.25, 0.3) is 0 Å². The van der Waals surface area contributed by atoms with E-state index in [0.717, 1.165) is 26.2 Å². The molecule has 0 bridgehead atoms. The molecule has 5 nitrogen and oxygen atoms in total. The van der Waals surface area contributed by atoms with Gasteiger partial charge in [-0.1, -0.05) is 19.3 Å². The van der Waals surface area contributed by atoms with Crippen LogP contribution in [0.25, 0.3) is 0 Å². The molecule has 2 rings (SSSR count). The number of amides is 2. The van der Waals surface area contributed by atoms with Gasteiger partial charge < -0.3 is 15.5 Å². The van der Waals surface area contributed by atoms with Crippen molar-refractivity contribution >= 4 is 24.2 Å². The Labute approximate surface area is 133 Å². The van der Waals surface area contributed by atoms with E-state index in [1.165, 1.54) is 32.1 Å². The zero-order chi connectivity index (χ0) is 14.4. The normalized spacial score (nSPS) is 23.6. The summed E-state index contributed by atoms with van der Waals surface area (Å²) in [4.78, 5) is 25.9. The molecule has 0 aromatic heterocycles. The molecule has 2 fully saturated rings. The first kappa shape index (κ1) is 18.2. The predicted molar refractivity (Wildman–Crippen MR) is 85.5 cm³/mol. The third kappa shape index (κ3) is 5.47. The van der Waals surface area contributed by atoms with Gasteiger partial charge in [0.2, 0.25) is 11.8 Å². The van der Waals surface area contributed by atoms with Crippen molar-refractivity contribution in [1.29, 1.82) is 0 Å². The summed E-state index contributed by atoms with van der Waals surface area (Å²) in [6.45, 7) is 5.00. The van der Waals surface area contributed by atoms with E-state index in [9.17, 15) is 9.59 Å². The third-order valence-corrected chi connectivity index (χ3v) is 4.47. The summed E-state index contributed by atoms with van der Waals surface area (Å²) in [5.41, 5.74) is 0. The van der Waals surface area contributed by atoms with Crippen LogP contribution in [-0.4, -0.2) is 48.9 Å². The van der Waals surface area contributed by atoms with Gasteiger partial charge in [0.1, 0.15) is 0 Å². The molecule has 21 heavy (non-hydrogen) atoms. The smallest absolute Gasteiger partial charge is 0.240 e. The fraction of sp³-hybridized carbons (Fsp3) is 0.867. The molecule has 1 saturated carbocycles. The molecule has 0 aromatic carbocycles. The molecular formula is C15H28ClN3O2. The van der Waals surface area contributed by atoms with Crippen molar-refractivity contribution in [2.45, 2.75) is 51.5 Å². The van der Waals surface area contributed by atoms with Crippen molar-refractivity contribution in [2.75, 3.05) is 26.2 Å². The van der Waals surface area contributed by atoms with Gasteiger partial charge in [-0.2, -0.15) is 0 Å². The lowest BCUT2D eigenvalue weighted by Crippen LogP contribution is -2.56. The summed E-state index contributed by atoms with van der Waals surface area (Å²) < 4.78 is 0. The van der Waals surface area contributed by atoms with Crippen molar-refractivity contribution in [1.82, 2.24) is 15.5 Å². The number of piperazine rings is 1. The van der Waals surface area contributed by atoms with E-state index in [2.05, 4.69) is 10.6 Å². The van der Waals surface area contributed by atoms with Gasteiger partial charge in [0, 0.05) is 26.2 Å². The summed E-state index contributed by atoms with van der Waals surface area (Å²) >= 11 is 0. The first-order valence-electron chi connectivity index (χ1n) is 7.99. The number of likely N-dealkylation sites (N-methyl/N-ethyl adjacent to an activating group) is 1. The maximum atomic E-state index is 12.1. The monoisotopic (exact) mass is 317 g/mol. The highest BCUT2D eigenvalue weighted by Crippen LogP contribution is 2.22. The zero-order valence-corrected chi connectivity index (χ0v) is 13.7. The number of nitrogens with zero attached hydrogens (tertiary/aromatic N) is 1. The SMILES string of the molecule is CCN1CCNC(CC(=O)NCC2CCCCC2)C1=O.Cl. The second-order valence-corrected chi connectivity index (χ2v) is 5.94. The molecule has 122 valence electrons. The summed E-state index contributed by atoms with van der Waals surface area (Å²) in [5, 5.41) is 6.15. The lowest BCUT2D eigenvalue weighted by Gasteiger charge is -2.32. The number of carbonyl (C=O) groups excluding carboxylic acids is 2. The highest BCUT2D eigenvalue weighted by molar-refractivity contribution is 5.88. The Kier molecular flexibility index (Phi) is 8.04. The average Bonchev–Trinajstić information content (AvgIpc) is 2.48. The van der Waals surface area contributed by atoms with Gasteiger partial charge in [-0.25, -0.2) is 0 Å². The summed E-state index contributed by atoms with van der Waals surface area (Å²) in [6.07, 6.45) is 6.62. The van der Waals surface area contributed by atoms with E-state index in [-0.39, 0.29) is 36.7 Å². The van der Waals surface area contributed by atoms with Crippen LogP contribution in [0.2, 0.25) is 0 Å². The van der Waals surface area contributed by atoms with Crippen LogP contribution < -0.4 is 10.6 Å². The van der Waals surface area contributed by atoms with E-state index < -0.39 is 0 Å². The van der Waals surface area contributed by atoms with Crippen LogP contribution >= 0.6 is 12.4 Å². The average molecular weight is 318 g/mol. The van der Waals surface area contributed by atoms with Gasteiger partial charge in [0.05, 0.1) is 12.5 Å². The summed E-state index contributed by atoms with van der Waals surface area (Å²) in [7, 11) is 0. The van der Waals surface area contributed by atoms with Gasteiger partial charge in [0.15, 0.2) is 0 Å². The number of carbonyl (C=O) groups is 2.